The molecule has 1 heterocycles. The van der Waals surface area contributed by atoms with Gasteiger partial charge in [-0.05, 0) is 44.2 Å². The first-order valence-corrected chi connectivity index (χ1v) is 7.79. The number of benzene rings is 1. The van der Waals surface area contributed by atoms with E-state index in [-0.39, 0.29) is 6.04 Å². The standard InChI is InChI=1S/C12H17ClN2O2S/c1-14-11-3-2-8-15(9-11)18(16,17)12-6-4-10(13)5-7-12/h4-7,11,14H,2-3,8-9H2,1H3/t11-/m1/s1. The van der Waals surface area contributed by atoms with Gasteiger partial charge in [0.15, 0.2) is 0 Å². The van der Waals surface area contributed by atoms with Gasteiger partial charge in [-0.1, -0.05) is 11.6 Å². The fourth-order valence-corrected chi connectivity index (χ4v) is 3.80. The summed E-state index contributed by atoms with van der Waals surface area (Å²) in [5.74, 6) is 0. The van der Waals surface area contributed by atoms with Crippen LogP contribution in [0.25, 0.3) is 0 Å². The zero-order chi connectivity index (χ0) is 13.2. The number of piperidine rings is 1. The summed E-state index contributed by atoms with van der Waals surface area (Å²) in [6.45, 7) is 1.12. The largest absolute Gasteiger partial charge is 0.316 e. The highest BCUT2D eigenvalue weighted by atomic mass is 35.5. The Kier molecular flexibility index (Phi) is 4.27. The van der Waals surface area contributed by atoms with Crippen LogP contribution in [0.5, 0.6) is 0 Å². The Bertz CT molecular complexity index is 501. The third-order valence-electron chi connectivity index (χ3n) is 3.24. The zero-order valence-corrected chi connectivity index (χ0v) is 11.8. The SMILES string of the molecule is CN[C@@H]1CCCN(S(=O)(=O)c2ccc(Cl)cc2)C1. The van der Waals surface area contributed by atoms with Gasteiger partial charge in [0, 0.05) is 24.2 Å². The Morgan fingerprint density at radius 3 is 2.61 bits per heavy atom. The van der Waals surface area contributed by atoms with Crippen LogP contribution in [0, 0.1) is 0 Å². The lowest BCUT2D eigenvalue weighted by Gasteiger charge is -2.31. The smallest absolute Gasteiger partial charge is 0.243 e. The Labute approximate surface area is 113 Å². The van der Waals surface area contributed by atoms with Crippen LogP contribution in [0.3, 0.4) is 0 Å². The lowest BCUT2D eigenvalue weighted by molar-refractivity contribution is 0.293. The van der Waals surface area contributed by atoms with Gasteiger partial charge in [0.25, 0.3) is 0 Å². The van der Waals surface area contributed by atoms with E-state index in [0.29, 0.717) is 23.0 Å². The summed E-state index contributed by atoms with van der Waals surface area (Å²) in [7, 11) is -1.52. The fraction of sp³-hybridized carbons (Fsp3) is 0.500. The van der Waals surface area contributed by atoms with Crippen molar-refractivity contribution < 1.29 is 8.42 Å². The van der Waals surface area contributed by atoms with Crippen molar-refractivity contribution in [3.63, 3.8) is 0 Å². The van der Waals surface area contributed by atoms with E-state index in [2.05, 4.69) is 5.32 Å². The van der Waals surface area contributed by atoms with E-state index in [9.17, 15) is 8.42 Å². The maximum Gasteiger partial charge on any atom is 0.243 e. The van der Waals surface area contributed by atoms with E-state index in [0.717, 1.165) is 12.8 Å². The van der Waals surface area contributed by atoms with Crippen LogP contribution in [0.15, 0.2) is 29.2 Å². The van der Waals surface area contributed by atoms with Crippen molar-refractivity contribution in [3.8, 4) is 0 Å². The molecule has 18 heavy (non-hydrogen) atoms. The second-order valence-electron chi connectivity index (χ2n) is 4.44. The lowest BCUT2D eigenvalue weighted by atomic mass is 10.1. The molecule has 6 heteroatoms. The van der Waals surface area contributed by atoms with Crippen molar-refractivity contribution >= 4 is 21.6 Å². The van der Waals surface area contributed by atoms with Crippen LogP contribution in [0.1, 0.15) is 12.8 Å². The summed E-state index contributed by atoms with van der Waals surface area (Å²) < 4.78 is 26.4. The highest BCUT2D eigenvalue weighted by Crippen LogP contribution is 2.22. The van der Waals surface area contributed by atoms with Crippen molar-refractivity contribution in [1.82, 2.24) is 9.62 Å². The van der Waals surface area contributed by atoms with Gasteiger partial charge in [-0.2, -0.15) is 4.31 Å². The van der Waals surface area contributed by atoms with Gasteiger partial charge in [-0.25, -0.2) is 8.42 Å². The van der Waals surface area contributed by atoms with Gasteiger partial charge < -0.3 is 5.32 Å². The van der Waals surface area contributed by atoms with E-state index in [1.807, 2.05) is 7.05 Å². The van der Waals surface area contributed by atoms with E-state index >= 15 is 0 Å². The van der Waals surface area contributed by atoms with Crippen molar-refractivity contribution in [3.05, 3.63) is 29.3 Å². The topological polar surface area (TPSA) is 49.4 Å². The molecule has 100 valence electrons. The molecule has 1 aliphatic rings. The first-order valence-electron chi connectivity index (χ1n) is 5.97. The number of hydrogen-bond acceptors (Lipinski definition) is 3. The molecule has 0 radical (unpaired) electrons. The normalized spacial score (nSPS) is 22.0. The predicted molar refractivity (Wildman–Crippen MR) is 72.3 cm³/mol. The molecule has 0 amide bonds. The molecule has 0 aromatic heterocycles. The molecule has 0 spiro atoms. The van der Waals surface area contributed by atoms with Crippen molar-refractivity contribution in [2.75, 3.05) is 20.1 Å². The molecule has 0 bridgehead atoms. The van der Waals surface area contributed by atoms with E-state index in [1.54, 1.807) is 28.6 Å². The molecule has 1 fully saturated rings. The summed E-state index contributed by atoms with van der Waals surface area (Å²) in [5, 5.41) is 3.68. The predicted octanol–water partition coefficient (Wildman–Crippen LogP) is 1.71. The maximum atomic E-state index is 12.4. The molecule has 4 nitrogen and oxygen atoms in total. The second kappa shape index (κ2) is 5.57. The first kappa shape index (κ1) is 13.8. The number of nitrogens with zero attached hydrogens (tertiary/aromatic N) is 1. The van der Waals surface area contributed by atoms with E-state index < -0.39 is 10.0 Å². The minimum Gasteiger partial charge on any atom is -0.316 e. The molecular formula is C12H17ClN2O2S. The summed E-state index contributed by atoms with van der Waals surface area (Å²) in [6.07, 6.45) is 1.90. The zero-order valence-electron chi connectivity index (χ0n) is 10.3. The molecule has 1 atom stereocenters. The summed E-state index contributed by atoms with van der Waals surface area (Å²) in [4.78, 5) is 0.309. The van der Waals surface area contributed by atoms with Gasteiger partial charge in [0.1, 0.15) is 0 Å². The van der Waals surface area contributed by atoms with Crippen LogP contribution in [0.4, 0.5) is 0 Å². The number of halogens is 1. The number of rotatable bonds is 3. The average Bonchev–Trinajstić information content (AvgIpc) is 2.39. The minimum atomic E-state index is -3.39. The molecule has 1 aromatic rings. The third-order valence-corrected chi connectivity index (χ3v) is 5.38. The Balaban J connectivity index is 2.22. The molecule has 1 saturated heterocycles. The third kappa shape index (κ3) is 2.85. The molecule has 2 rings (SSSR count). The molecular weight excluding hydrogens is 272 g/mol. The van der Waals surface area contributed by atoms with Crippen LogP contribution >= 0.6 is 11.6 Å². The van der Waals surface area contributed by atoms with Gasteiger partial charge in [-0.15, -0.1) is 0 Å². The van der Waals surface area contributed by atoms with Crippen molar-refractivity contribution in [2.45, 2.75) is 23.8 Å². The maximum absolute atomic E-state index is 12.4. The Hall–Kier alpha value is -0.620. The minimum absolute atomic E-state index is 0.237. The number of hydrogen-bond donors (Lipinski definition) is 1. The molecule has 0 aliphatic carbocycles. The van der Waals surface area contributed by atoms with Crippen LogP contribution < -0.4 is 5.32 Å². The quantitative estimate of drug-likeness (QED) is 0.921. The van der Waals surface area contributed by atoms with Crippen LogP contribution in [-0.2, 0) is 10.0 Å². The lowest BCUT2D eigenvalue weighted by Crippen LogP contribution is -2.46. The van der Waals surface area contributed by atoms with E-state index in [4.69, 9.17) is 11.6 Å². The molecule has 0 saturated carbocycles. The Morgan fingerprint density at radius 1 is 1.33 bits per heavy atom. The fourth-order valence-electron chi connectivity index (χ4n) is 2.15. The van der Waals surface area contributed by atoms with Gasteiger partial charge in [0.05, 0.1) is 4.90 Å². The van der Waals surface area contributed by atoms with Crippen molar-refractivity contribution in [1.29, 1.82) is 0 Å². The molecule has 1 aromatic carbocycles. The first-order chi connectivity index (χ1) is 8.54. The van der Waals surface area contributed by atoms with E-state index in [1.165, 1.54) is 0 Å². The van der Waals surface area contributed by atoms with Gasteiger partial charge in [-0.3, -0.25) is 0 Å². The van der Waals surface area contributed by atoms with Gasteiger partial charge >= 0.3 is 0 Å². The van der Waals surface area contributed by atoms with Crippen molar-refractivity contribution in [2.24, 2.45) is 0 Å². The summed E-state index contributed by atoms with van der Waals surface area (Å²) in [5.41, 5.74) is 0. The molecule has 1 N–H and O–H groups in total. The van der Waals surface area contributed by atoms with Gasteiger partial charge in [0.2, 0.25) is 10.0 Å². The van der Waals surface area contributed by atoms with Crippen LogP contribution in [-0.4, -0.2) is 38.9 Å². The number of sulfonamides is 1. The Morgan fingerprint density at radius 2 is 2.00 bits per heavy atom. The monoisotopic (exact) mass is 288 g/mol. The number of likely N-dealkylation sites (N-methyl/N-ethyl adjacent to an activating group) is 1. The molecule has 1 aliphatic heterocycles. The average molecular weight is 289 g/mol. The highest BCUT2D eigenvalue weighted by molar-refractivity contribution is 7.89. The summed E-state index contributed by atoms with van der Waals surface area (Å²) in [6, 6.07) is 6.56. The number of nitrogens with one attached hydrogen (secondary N) is 1. The molecule has 0 unspecified atom stereocenters. The highest BCUT2D eigenvalue weighted by Gasteiger charge is 2.29. The summed E-state index contributed by atoms with van der Waals surface area (Å²) >= 11 is 5.77. The van der Waals surface area contributed by atoms with Crippen LogP contribution in [0.2, 0.25) is 5.02 Å². The second-order valence-corrected chi connectivity index (χ2v) is 6.82.